The fourth-order valence-corrected chi connectivity index (χ4v) is 8.41. The number of hydrogen-bond acceptors (Lipinski definition) is 3. The van der Waals surface area contributed by atoms with E-state index in [2.05, 4.69) is 144 Å². The van der Waals surface area contributed by atoms with Crippen molar-refractivity contribution >= 4 is 80.6 Å². The van der Waals surface area contributed by atoms with Gasteiger partial charge in [-0.25, -0.2) is 9.97 Å². The normalized spacial score (nSPS) is 13.5. The molecule has 4 heteroatoms. The van der Waals surface area contributed by atoms with Gasteiger partial charge >= 0.3 is 0 Å². The number of aromatic nitrogens is 3. The van der Waals surface area contributed by atoms with Gasteiger partial charge in [0.2, 0.25) is 5.95 Å². The van der Waals surface area contributed by atoms with Crippen LogP contribution in [-0.4, -0.2) is 14.5 Å². The lowest BCUT2D eigenvalue weighted by atomic mass is 9.99. The predicted octanol–water partition coefficient (Wildman–Crippen LogP) is 11.6. The second kappa shape index (κ2) is 9.96. The van der Waals surface area contributed by atoms with Gasteiger partial charge < -0.3 is 0 Å². The summed E-state index contributed by atoms with van der Waals surface area (Å²) < 4.78 is 4.89. The SMILES string of the molecule is C1=CCCC(c2nc(-n3c4ccccc4c4cc(-c5ccc6sc7ccc8ccccc8c7c6c5)ccc43)nc3ccccc23)=C1. The van der Waals surface area contributed by atoms with Crippen LogP contribution < -0.4 is 0 Å². The van der Waals surface area contributed by atoms with Crippen LogP contribution in [0.3, 0.4) is 0 Å². The molecule has 0 aliphatic heterocycles. The topological polar surface area (TPSA) is 30.7 Å². The molecular formula is C42H27N3S. The van der Waals surface area contributed by atoms with Gasteiger partial charge in [0.05, 0.1) is 22.2 Å². The molecule has 0 saturated heterocycles. The summed E-state index contributed by atoms with van der Waals surface area (Å²) in [6, 6.07) is 44.0. The van der Waals surface area contributed by atoms with E-state index < -0.39 is 0 Å². The van der Waals surface area contributed by atoms with Gasteiger partial charge in [-0.15, -0.1) is 11.3 Å². The summed E-state index contributed by atoms with van der Waals surface area (Å²) in [4.78, 5) is 10.4. The monoisotopic (exact) mass is 605 g/mol. The molecule has 216 valence electrons. The molecular weight excluding hydrogens is 579 g/mol. The first-order valence-electron chi connectivity index (χ1n) is 15.8. The van der Waals surface area contributed by atoms with Crippen molar-refractivity contribution in [1.82, 2.24) is 14.5 Å². The Kier molecular flexibility index (Phi) is 5.57. The molecule has 0 fully saturated rings. The van der Waals surface area contributed by atoms with E-state index in [1.807, 2.05) is 11.3 Å². The van der Waals surface area contributed by atoms with Crippen LogP contribution in [0.4, 0.5) is 0 Å². The smallest absolute Gasteiger partial charge is 0.235 e. The van der Waals surface area contributed by atoms with Crippen LogP contribution in [0.1, 0.15) is 18.5 Å². The zero-order valence-electron chi connectivity index (χ0n) is 24.9. The van der Waals surface area contributed by atoms with Gasteiger partial charge in [-0.2, -0.15) is 0 Å². The third-order valence-corrected chi connectivity index (χ3v) is 10.6. The Morgan fingerprint density at radius 3 is 2.22 bits per heavy atom. The maximum absolute atomic E-state index is 5.28. The van der Waals surface area contributed by atoms with Crippen molar-refractivity contribution in [2.24, 2.45) is 0 Å². The fraction of sp³-hybridized carbons (Fsp3) is 0.0476. The maximum atomic E-state index is 5.28. The number of hydrogen-bond donors (Lipinski definition) is 0. The highest BCUT2D eigenvalue weighted by molar-refractivity contribution is 7.26. The molecule has 0 radical (unpaired) electrons. The average molecular weight is 606 g/mol. The quantitative estimate of drug-likeness (QED) is 0.201. The minimum Gasteiger partial charge on any atom is -0.278 e. The maximum Gasteiger partial charge on any atom is 0.235 e. The lowest BCUT2D eigenvalue weighted by Gasteiger charge is -2.14. The van der Waals surface area contributed by atoms with Crippen molar-refractivity contribution in [3.63, 3.8) is 0 Å². The highest BCUT2D eigenvalue weighted by Crippen LogP contribution is 2.41. The van der Waals surface area contributed by atoms with Crippen LogP contribution in [0.25, 0.3) is 86.3 Å². The fourth-order valence-electron chi connectivity index (χ4n) is 7.30. The molecule has 0 atom stereocenters. The van der Waals surface area contributed by atoms with Crippen molar-refractivity contribution < 1.29 is 0 Å². The Bertz CT molecular complexity index is 2760. The number of fused-ring (bicyclic) bond motifs is 9. The Balaban J connectivity index is 1.19. The van der Waals surface area contributed by atoms with Crippen molar-refractivity contribution in [2.75, 3.05) is 0 Å². The number of para-hydroxylation sites is 2. The standard InChI is InChI=1S/C42H27N3S/c1-2-11-27(12-3-1)41-32-15-6-8-16-35(32)43-42(44-41)45-36-17-9-7-14-31(36)33-24-28(18-21-37(33)45)29-20-22-38-34(25-29)40-30-13-5-4-10-26(30)19-23-39(40)46-38/h1-2,4-11,13-25H,3,12H2. The summed E-state index contributed by atoms with van der Waals surface area (Å²) in [6.07, 6.45) is 8.58. The van der Waals surface area contributed by atoms with E-state index in [-0.39, 0.29) is 0 Å². The van der Waals surface area contributed by atoms with Gasteiger partial charge in [0.1, 0.15) is 0 Å². The Labute approximate surface area is 269 Å². The molecule has 0 spiro atoms. The van der Waals surface area contributed by atoms with E-state index in [1.165, 1.54) is 58.4 Å². The predicted molar refractivity (Wildman–Crippen MR) is 196 cm³/mol. The van der Waals surface area contributed by atoms with Gasteiger partial charge in [0, 0.05) is 36.3 Å². The molecule has 46 heavy (non-hydrogen) atoms. The largest absolute Gasteiger partial charge is 0.278 e. The van der Waals surface area contributed by atoms with Crippen molar-refractivity contribution in [3.05, 3.63) is 145 Å². The third-order valence-electron chi connectivity index (χ3n) is 9.47. The number of thiophene rings is 1. The van der Waals surface area contributed by atoms with Crippen LogP contribution in [0.5, 0.6) is 0 Å². The van der Waals surface area contributed by atoms with Crippen molar-refractivity contribution in [1.29, 1.82) is 0 Å². The molecule has 0 N–H and O–H groups in total. The Hall–Kier alpha value is -5.58. The first-order chi connectivity index (χ1) is 22.8. The molecule has 0 bridgehead atoms. The molecule has 9 aromatic rings. The van der Waals surface area contributed by atoms with Gasteiger partial charge in [0.25, 0.3) is 0 Å². The Morgan fingerprint density at radius 2 is 1.33 bits per heavy atom. The number of nitrogens with zero attached hydrogens (tertiary/aromatic N) is 3. The molecule has 0 amide bonds. The minimum absolute atomic E-state index is 0.709. The van der Waals surface area contributed by atoms with Crippen LogP contribution >= 0.6 is 11.3 Å². The number of benzene rings is 6. The summed E-state index contributed by atoms with van der Waals surface area (Å²) in [5.74, 6) is 0.709. The van der Waals surface area contributed by atoms with Crippen LogP contribution in [0.15, 0.2) is 140 Å². The zero-order chi connectivity index (χ0) is 30.2. The molecule has 10 rings (SSSR count). The molecule has 1 aliphatic carbocycles. The van der Waals surface area contributed by atoms with E-state index in [9.17, 15) is 0 Å². The lowest BCUT2D eigenvalue weighted by molar-refractivity contribution is 0.983. The minimum atomic E-state index is 0.709. The first kappa shape index (κ1) is 25.7. The first-order valence-corrected chi connectivity index (χ1v) is 16.6. The summed E-state index contributed by atoms with van der Waals surface area (Å²) >= 11 is 1.87. The highest BCUT2D eigenvalue weighted by atomic mass is 32.1. The molecule has 3 nitrogen and oxygen atoms in total. The van der Waals surface area contributed by atoms with Gasteiger partial charge in [-0.05, 0) is 82.8 Å². The van der Waals surface area contributed by atoms with Gasteiger partial charge in [0.15, 0.2) is 0 Å². The molecule has 3 heterocycles. The highest BCUT2D eigenvalue weighted by Gasteiger charge is 2.19. The molecule has 0 saturated carbocycles. The number of allylic oxidation sites excluding steroid dienone is 4. The summed E-state index contributed by atoms with van der Waals surface area (Å²) in [7, 11) is 0. The van der Waals surface area contributed by atoms with E-state index >= 15 is 0 Å². The van der Waals surface area contributed by atoms with E-state index in [1.54, 1.807) is 0 Å². The van der Waals surface area contributed by atoms with E-state index in [0.717, 1.165) is 40.5 Å². The summed E-state index contributed by atoms with van der Waals surface area (Å²) in [6.45, 7) is 0. The number of rotatable bonds is 3. The van der Waals surface area contributed by atoms with Gasteiger partial charge in [-0.1, -0.05) is 97.1 Å². The third kappa shape index (κ3) is 3.84. The lowest BCUT2D eigenvalue weighted by Crippen LogP contribution is -2.05. The van der Waals surface area contributed by atoms with E-state index in [4.69, 9.17) is 9.97 Å². The van der Waals surface area contributed by atoms with Gasteiger partial charge in [-0.3, -0.25) is 4.57 Å². The van der Waals surface area contributed by atoms with Crippen LogP contribution in [0.2, 0.25) is 0 Å². The molecule has 3 aromatic heterocycles. The second-order valence-electron chi connectivity index (χ2n) is 12.1. The zero-order valence-corrected chi connectivity index (χ0v) is 25.8. The molecule has 0 unspecified atom stereocenters. The molecule has 1 aliphatic rings. The van der Waals surface area contributed by atoms with E-state index in [0.29, 0.717) is 5.95 Å². The summed E-state index contributed by atoms with van der Waals surface area (Å²) in [5.41, 5.74) is 7.89. The Morgan fingerprint density at radius 1 is 0.587 bits per heavy atom. The van der Waals surface area contributed by atoms with Crippen LogP contribution in [-0.2, 0) is 0 Å². The van der Waals surface area contributed by atoms with Crippen molar-refractivity contribution in [3.8, 4) is 17.1 Å². The summed E-state index contributed by atoms with van der Waals surface area (Å²) in [5, 5.41) is 8.77. The van der Waals surface area contributed by atoms with Crippen LogP contribution in [0, 0.1) is 0 Å². The average Bonchev–Trinajstić information content (AvgIpc) is 3.67. The molecule has 6 aromatic carbocycles. The van der Waals surface area contributed by atoms with Crippen molar-refractivity contribution in [2.45, 2.75) is 12.8 Å². The second-order valence-corrected chi connectivity index (χ2v) is 13.2.